The van der Waals surface area contributed by atoms with Crippen LogP contribution in [-0.2, 0) is 4.79 Å². The number of anilines is 1. The Balaban J connectivity index is 1.89. The van der Waals surface area contributed by atoms with E-state index in [0.717, 1.165) is 12.8 Å². The van der Waals surface area contributed by atoms with Gasteiger partial charge in [0, 0.05) is 23.2 Å². The van der Waals surface area contributed by atoms with Crippen LogP contribution in [0.15, 0.2) is 48.5 Å². The van der Waals surface area contributed by atoms with Crippen molar-refractivity contribution in [1.29, 1.82) is 0 Å². The van der Waals surface area contributed by atoms with Gasteiger partial charge in [0.05, 0.1) is 6.61 Å². The Kier molecular flexibility index (Phi) is 8.02. The minimum atomic E-state index is -0.460. The lowest BCUT2D eigenvalue weighted by molar-refractivity contribution is -0.116. The fourth-order valence-corrected chi connectivity index (χ4v) is 2.36. The maximum absolute atomic E-state index is 12.2. The normalized spacial score (nSPS) is 10.1. The Hall–Kier alpha value is -3.35. The van der Waals surface area contributed by atoms with Crippen molar-refractivity contribution in [3.63, 3.8) is 0 Å². The molecule has 0 radical (unpaired) electrons. The number of nitrogens with one attached hydrogen (secondary N) is 3. The van der Waals surface area contributed by atoms with E-state index < -0.39 is 11.8 Å². The zero-order valence-electron chi connectivity index (χ0n) is 16.1. The van der Waals surface area contributed by atoms with E-state index in [1.807, 2.05) is 13.8 Å². The van der Waals surface area contributed by atoms with Gasteiger partial charge in [-0.2, -0.15) is 0 Å². The minimum absolute atomic E-state index is 0.0721. The molecule has 2 rings (SSSR count). The third-order valence-electron chi connectivity index (χ3n) is 3.77. The molecule has 0 fully saturated rings. The molecule has 2 aromatic rings. The third-order valence-corrected chi connectivity index (χ3v) is 3.77. The number of carbonyl (C=O) groups excluding carboxylic acids is 3. The second-order valence-electron chi connectivity index (χ2n) is 6.16. The molecule has 28 heavy (non-hydrogen) atoms. The molecule has 0 heterocycles. The maximum Gasteiger partial charge on any atom is 0.269 e. The SMILES string of the molecule is CCCOc1cccc(C(=O)NNC(=O)c2ccc(NC(=O)CCC)cc2)c1. The lowest BCUT2D eigenvalue weighted by atomic mass is 10.2. The second kappa shape index (κ2) is 10.7. The molecule has 3 amide bonds. The van der Waals surface area contributed by atoms with Gasteiger partial charge < -0.3 is 10.1 Å². The fourth-order valence-electron chi connectivity index (χ4n) is 2.36. The van der Waals surface area contributed by atoms with E-state index in [9.17, 15) is 14.4 Å². The van der Waals surface area contributed by atoms with Crippen molar-refractivity contribution in [2.45, 2.75) is 33.1 Å². The van der Waals surface area contributed by atoms with E-state index in [4.69, 9.17) is 4.74 Å². The highest BCUT2D eigenvalue weighted by atomic mass is 16.5. The van der Waals surface area contributed by atoms with Crippen molar-refractivity contribution >= 4 is 23.4 Å². The molecule has 3 N–H and O–H groups in total. The fraction of sp³-hybridized carbons (Fsp3) is 0.286. The summed E-state index contributed by atoms with van der Waals surface area (Å²) in [5.41, 5.74) is 6.10. The summed E-state index contributed by atoms with van der Waals surface area (Å²) in [6.45, 7) is 4.49. The van der Waals surface area contributed by atoms with Crippen LogP contribution >= 0.6 is 0 Å². The van der Waals surface area contributed by atoms with E-state index in [1.165, 1.54) is 0 Å². The second-order valence-corrected chi connectivity index (χ2v) is 6.16. The molecule has 0 aromatic heterocycles. The largest absolute Gasteiger partial charge is 0.494 e. The van der Waals surface area contributed by atoms with Crippen LogP contribution in [0.1, 0.15) is 53.8 Å². The van der Waals surface area contributed by atoms with Crippen molar-refractivity contribution in [3.8, 4) is 5.75 Å². The molecule has 0 spiro atoms. The zero-order valence-corrected chi connectivity index (χ0v) is 16.1. The van der Waals surface area contributed by atoms with Crippen molar-refractivity contribution < 1.29 is 19.1 Å². The Morgan fingerprint density at radius 1 is 0.857 bits per heavy atom. The molecular formula is C21H25N3O4. The summed E-state index contributed by atoms with van der Waals surface area (Å²) in [5.74, 6) is -0.379. The number of benzene rings is 2. The van der Waals surface area contributed by atoms with Crippen LogP contribution < -0.4 is 20.9 Å². The van der Waals surface area contributed by atoms with Crippen LogP contribution in [0.2, 0.25) is 0 Å². The maximum atomic E-state index is 12.2. The molecule has 0 unspecified atom stereocenters. The number of rotatable bonds is 8. The van der Waals surface area contributed by atoms with Crippen molar-refractivity contribution in [2.24, 2.45) is 0 Å². The number of hydrazine groups is 1. The molecule has 7 nitrogen and oxygen atoms in total. The van der Waals surface area contributed by atoms with Gasteiger partial charge in [0.15, 0.2) is 0 Å². The Morgan fingerprint density at radius 3 is 2.18 bits per heavy atom. The molecule has 0 bridgehead atoms. The van der Waals surface area contributed by atoms with Crippen LogP contribution in [0.3, 0.4) is 0 Å². The predicted octanol–water partition coefficient (Wildman–Crippen LogP) is 3.29. The van der Waals surface area contributed by atoms with Crippen LogP contribution in [0, 0.1) is 0 Å². The van der Waals surface area contributed by atoms with Crippen LogP contribution in [0.25, 0.3) is 0 Å². The van der Waals surface area contributed by atoms with Crippen LogP contribution in [0.5, 0.6) is 5.75 Å². The number of hydrogen-bond acceptors (Lipinski definition) is 4. The molecular weight excluding hydrogens is 358 g/mol. The van der Waals surface area contributed by atoms with E-state index in [2.05, 4.69) is 16.2 Å². The van der Waals surface area contributed by atoms with Crippen LogP contribution in [0.4, 0.5) is 5.69 Å². The van der Waals surface area contributed by atoms with Gasteiger partial charge in [-0.05, 0) is 55.3 Å². The Bertz CT molecular complexity index is 819. The molecule has 0 aliphatic carbocycles. The molecule has 0 saturated carbocycles. The molecule has 148 valence electrons. The zero-order chi connectivity index (χ0) is 20.4. The summed E-state index contributed by atoms with van der Waals surface area (Å²) in [7, 11) is 0. The first-order valence-electron chi connectivity index (χ1n) is 9.27. The third kappa shape index (κ3) is 6.42. The highest BCUT2D eigenvalue weighted by Gasteiger charge is 2.10. The molecule has 7 heteroatoms. The quantitative estimate of drug-likeness (QED) is 0.610. The van der Waals surface area contributed by atoms with Gasteiger partial charge in [0.25, 0.3) is 11.8 Å². The van der Waals surface area contributed by atoms with Crippen molar-refractivity contribution in [1.82, 2.24) is 10.9 Å². The Labute approximate surface area is 164 Å². The summed E-state index contributed by atoms with van der Waals surface area (Å²) in [5, 5.41) is 2.75. The topological polar surface area (TPSA) is 96.5 Å². The summed E-state index contributed by atoms with van der Waals surface area (Å²) >= 11 is 0. The summed E-state index contributed by atoms with van der Waals surface area (Å²) in [4.78, 5) is 36.0. The van der Waals surface area contributed by atoms with E-state index >= 15 is 0 Å². The molecule has 0 aliphatic rings. The smallest absolute Gasteiger partial charge is 0.269 e. The summed E-state index contributed by atoms with van der Waals surface area (Å²) < 4.78 is 5.50. The first-order chi connectivity index (χ1) is 13.5. The summed E-state index contributed by atoms with van der Waals surface area (Å²) in [6.07, 6.45) is 2.08. The number of ether oxygens (including phenoxy) is 1. The highest BCUT2D eigenvalue weighted by Crippen LogP contribution is 2.13. The van der Waals surface area contributed by atoms with Gasteiger partial charge in [0.1, 0.15) is 5.75 Å². The lowest BCUT2D eigenvalue weighted by Crippen LogP contribution is -2.41. The Morgan fingerprint density at radius 2 is 1.54 bits per heavy atom. The van der Waals surface area contributed by atoms with Crippen molar-refractivity contribution in [2.75, 3.05) is 11.9 Å². The first-order valence-corrected chi connectivity index (χ1v) is 9.27. The molecule has 0 atom stereocenters. The van der Waals surface area contributed by atoms with Crippen LogP contribution in [-0.4, -0.2) is 24.3 Å². The molecule has 2 aromatic carbocycles. The average molecular weight is 383 g/mol. The monoisotopic (exact) mass is 383 g/mol. The van der Waals surface area contributed by atoms with Crippen molar-refractivity contribution in [3.05, 3.63) is 59.7 Å². The van der Waals surface area contributed by atoms with Gasteiger partial charge in [-0.3, -0.25) is 25.2 Å². The average Bonchev–Trinajstić information content (AvgIpc) is 2.71. The molecule has 0 saturated heterocycles. The summed E-state index contributed by atoms with van der Waals surface area (Å²) in [6, 6.07) is 13.2. The number of amides is 3. The van der Waals surface area contributed by atoms with Gasteiger partial charge in [-0.15, -0.1) is 0 Å². The lowest BCUT2D eigenvalue weighted by Gasteiger charge is -2.10. The van der Waals surface area contributed by atoms with Gasteiger partial charge in [0.2, 0.25) is 5.91 Å². The minimum Gasteiger partial charge on any atom is -0.494 e. The van der Waals surface area contributed by atoms with Gasteiger partial charge >= 0.3 is 0 Å². The van der Waals surface area contributed by atoms with Gasteiger partial charge in [-0.1, -0.05) is 19.9 Å². The first kappa shape index (κ1) is 21.0. The predicted molar refractivity (Wildman–Crippen MR) is 107 cm³/mol. The number of hydrogen-bond donors (Lipinski definition) is 3. The number of carbonyl (C=O) groups is 3. The molecule has 0 aliphatic heterocycles. The van der Waals surface area contributed by atoms with E-state index in [-0.39, 0.29) is 5.91 Å². The van der Waals surface area contributed by atoms with E-state index in [1.54, 1.807) is 48.5 Å². The highest BCUT2D eigenvalue weighted by molar-refractivity contribution is 5.99. The van der Waals surface area contributed by atoms with Gasteiger partial charge in [-0.25, -0.2) is 0 Å². The standard InChI is InChI=1S/C21H25N3O4/c1-3-6-19(25)22-17-11-9-15(10-12-17)20(26)23-24-21(27)16-7-5-8-18(14-16)28-13-4-2/h5,7-12,14H,3-4,6,13H2,1-2H3,(H,22,25)(H,23,26)(H,24,27). The van der Waals surface area contributed by atoms with E-state index in [0.29, 0.717) is 35.6 Å².